The maximum atomic E-state index is 11.1. The van der Waals surface area contributed by atoms with Crippen LogP contribution in [0.25, 0.3) is 0 Å². The molecule has 0 aromatic heterocycles. The average molecular weight is 326 g/mol. The Morgan fingerprint density at radius 1 is 1.36 bits per heavy atom. The Morgan fingerprint density at radius 3 is 2.77 bits per heavy atom. The summed E-state index contributed by atoms with van der Waals surface area (Å²) in [6.07, 6.45) is 0.552. The van der Waals surface area contributed by atoms with Gasteiger partial charge in [0, 0.05) is 18.0 Å². The Kier molecular flexibility index (Phi) is 3.95. The van der Waals surface area contributed by atoms with E-state index in [-0.39, 0.29) is 17.4 Å². The molecule has 0 aliphatic carbocycles. The largest absolute Gasteiger partial charge is 0.489 e. The molecule has 1 aromatic carbocycles. The highest BCUT2D eigenvalue weighted by Gasteiger charge is 2.32. The Morgan fingerprint density at radius 2 is 2.09 bits per heavy atom. The van der Waals surface area contributed by atoms with Crippen molar-refractivity contribution in [3.63, 3.8) is 0 Å². The first-order valence-corrected chi connectivity index (χ1v) is 7.79. The van der Waals surface area contributed by atoms with Crippen LogP contribution in [0, 0.1) is 11.3 Å². The van der Waals surface area contributed by atoms with Crippen molar-refractivity contribution in [3.05, 3.63) is 22.7 Å². The first-order chi connectivity index (χ1) is 10.4. The summed E-state index contributed by atoms with van der Waals surface area (Å²) in [5.74, 6) is 0.0771. The monoisotopic (exact) mass is 325 g/mol. The van der Waals surface area contributed by atoms with Gasteiger partial charge in [-0.1, -0.05) is 25.4 Å². The normalized spacial score (nSPS) is 26.5. The summed E-state index contributed by atoms with van der Waals surface area (Å²) < 4.78 is 11.7. The lowest BCUT2D eigenvalue weighted by Gasteiger charge is -2.19. The maximum absolute atomic E-state index is 11.1. The number of nitrogens with one attached hydrogen (secondary N) is 1. The third kappa shape index (κ3) is 3.01. The second-order valence-corrected chi connectivity index (χ2v) is 7.21. The minimum Gasteiger partial charge on any atom is -0.489 e. The van der Waals surface area contributed by atoms with Crippen LogP contribution in [0.4, 0.5) is 0 Å². The SMILES string of the molecule is CC1(C)COc2cc(C3CC(C(=O)O)CN3)cc(Cl)c2OC1. The van der Waals surface area contributed by atoms with Gasteiger partial charge in [0.2, 0.25) is 0 Å². The number of aliphatic carboxylic acids is 1. The number of fused-ring (bicyclic) bond motifs is 1. The van der Waals surface area contributed by atoms with E-state index >= 15 is 0 Å². The van der Waals surface area contributed by atoms with Gasteiger partial charge in [0.25, 0.3) is 0 Å². The molecule has 22 heavy (non-hydrogen) atoms. The molecule has 2 heterocycles. The number of halogens is 1. The van der Waals surface area contributed by atoms with E-state index < -0.39 is 5.97 Å². The summed E-state index contributed by atoms with van der Waals surface area (Å²) in [5, 5.41) is 12.8. The smallest absolute Gasteiger partial charge is 0.307 e. The van der Waals surface area contributed by atoms with Gasteiger partial charge in [-0.05, 0) is 24.1 Å². The van der Waals surface area contributed by atoms with Crippen molar-refractivity contribution in [3.8, 4) is 11.5 Å². The molecule has 2 atom stereocenters. The van der Waals surface area contributed by atoms with E-state index in [0.717, 1.165) is 5.56 Å². The molecule has 0 radical (unpaired) electrons. The summed E-state index contributed by atoms with van der Waals surface area (Å²) in [5.41, 5.74) is 0.860. The van der Waals surface area contributed by atoms with Crippen LogP contribution in [0.3, 0.4) is 0 Å². The van der Waals surface area contributed by atoms with Crippen LogP contribution >= 0.6 is 11.6 Å². The van der Waals surface area contributed by atoms with E-state index in [1.165, 1.54) is 0 Å². The van der Waals surface area contributed by atoms with Gasteiger partial charge in [0.15, 0.2) is 11.5 Å². The summed E-state index contributed by atoms with van der Waals surface area (Å²) in [6.45, 7) is 5.71. The van der Waals surface area contributed by atoms with Crippen molar-refractivity contribution in [2.75, 3.05) is 19.8 Å². The van der Waals surface area contributed by atoms with E-state index in [2.05, 4.69) is 19.2 Å². The first-order valence-electron chi connectivity index (χ1n) is 7.41. The number of carbonyl (C=O) groups is 1. The molecule has 1 saturated heterocycles. The molecule has 0 spiro atoms. The highest BCUT2D eigenvalue weighted by atomic mass is 35.5. The topological polar surface area (TPSA) is 67.8 Å². The van der Waals surface area contributed by atoms with E-state index in [9.17, 15) is 4.79 Å². The molecule has 2 N–H and O–H groups in total. The van der Waals surface area contributed by atoms with Gasteiger partial charge >= 0.3 is 5.97 Å². The lowest BCUT2D eigenvalue weighted by molar-refractivity contribution is -0.141. The minimum atomic E-state index is -0.766. The molecule has 2 aliphatic heterocycles. The summed E-state index contributed by atoms with van der Waals surface area (Å²) in [6, 6.07) is 3.72. The second kappa shape index (κ2) is 5.63. The molecule has 2 unspecified atom stereocenters. The van der Waals surface area contributed by atoms with E-state index in [1.807, 2.05) is 12.1 Å². The fraction of sp³-hybridized carbons (Fsp3) is 0.562. The Bertz CT molecular complexity index is 602. The highest BCUT2D eigenvalue weighted by molar-refractivity contribution is 6.32. The van der Waals surface area contributed by atoms with Crippen molar-refractivity contribution in [1.29, 1.82) is 0 Å². The van der Waals surface area contributed by atoms with E-state index in [0.29, 0.717) is 42.7 Å². The summed E-state index contributed by atoms with van der Waals surface area (Å²) in [7, 11) is 0. The zero-order valence-electron chi connectivity index (χ0n) is 12.7. The zero-order chi connectivity index (χ0) is 15.9. The van der Waals surface area contributed by atoms with Crippen LogP contribution in [-0.2, 0) is 4.79 Å². The quantitative estimate of drug-likeness (QED) is 0.875. The van der Waals surface area contributed by atoms with Crippen LogP contribution in [-0.4, -0.2) is 30.8 Å². The molecular weight excluding hydrogens is 306 g/mol. The Balaban J connectivity index is 1.86. The molecule has 1 aromatic rings. The molecule has 120 valence electrons. The van der Waals surface area contributed by atoms with E-state index in [4.69, 9.17) is 26.2 Å². The van der Waals surface area contributed by atoms with Gasteiger partial charge in [0.1, 0.15) is 0 Å². The number of rotatable bonds is 2. The number of carboxylic acid groups (broad SMARTS) is 1. The van der Waals surface area contributed by atoms with Gasteiger partial charge < -0.3 is 19.9 Å². The van der Waals surface area contributed by atoms with Gasteiger partial charge in [-0.15, -0.1) is 0 Å². The minimum absolute atomic E-state index is 0.0243. The Labute approximate surface area is 134 Å². The first kappa shape index (κ1) is 15.4. The fourth-order valence-corrected chi connectivity index (χ4v) is 3.07. The molecule has 2 aliphatic rings. The predicted octanol–water partition coefficient (Wildman–Crippen LogP) is 2.87. The molecule has 1 fully saturated rings. The van der Waals surface area contributed by atoms with Crippen LogP contribution < -0.4 is 14.8 Å². The number of hydrogen-bond acceptors (Lipinski definition) is 4. The lowest BCUT2D eigenvalue weighted by Crippen LogP contribution is -2.26. The van der Waals surface area contributed by atoms with Crippen LogP contribution in [0.15, 0.2) is 12.1 Å². The standard InChI is InChI=1S/C16H20ClNO4/c1-16(2)7-21-13-5-9(3-11(17)14(13)22-8-16)12-4-10(6-18-12)15(19)20/h3,5,10,12,18H,4,6-8H2,1-2H3,(H,19,20). The van der Waals surface area contributed by atoms with E-state index in [1.54, 1.807) is 0 Å². The van der Waals surface area contributed by atoms with Crippen LogP contribution in [0.1, 0.15) is 31.9 Å². The summed E-state index contributed by atoms with van der Waals surface area (Å²) >= 11 is 6.34. The number of hydrogen-bond donors (Lipinski definition) is 2. The van der Waals surface area contributed by atoms with Crippen LogP contribution in [0.2, 0.25) is 5.02 Å². The van der Waals surface area contributed by atoms with Crippen molar-refractivity contribution in [2.45, 2.75) is 26.3 Å². The molecule has 6 heteroatoms. The van der Waals surface area contributed by atoms with Crippen molar-refractivity contribution in [2.24, 2.45) is 11.3 Å². The fourth-order valence-electron chi connectivity index (χ4n) is 2.80. The molecule has 0 amide bonds. The van der Waals surface area contributed by atoms with Crippen molar-refractivity contribution < 1.29 is 19.4 Å². The molecule has 3 rings (SSSR count). The molecule has 5 nitrogen and oxygen atoms in total. The van der Waals surface area contributed by atoms with Crippen LogP contribution in [0.5, 0.6) is 11.5 Å². The summed E-state index contributed by atoms with van der Waals surface area (Å²) in [4.78, 5) is 11.1. The van der Waals surface area contributed by atoms with Gasteiger partial charge in [0.05, 0.1) is 24.2 Å². The lowest BCUT2D eigenvalue weighted by atomic mass is 9.97. The van der Waals surface area contributed by atoms with Gasteiger partial charge in [-0.25, -0.2) is 0 Å². The highest BCUT2D eigenvalue weighted by Crippen LogP contribution is 2.42. The second-order valence-electron chi connectivity index (χ2n) is 6.80. The van der Waals surface area contributed by atoms with Gasteiger partial charge in [-0.2, -0.15) is 0 Å². The number of ether oxygens (including phenoxy) is 2. The third-order valence-corrected chi connectivity index (χ3v) is 4.42. The Hall–Kier alpha value is -1.46. The molecule has 0 bridgehead atoms. The van der Waals surface area contributed by atoms with Crippen molar-refractivity contribution in [1.82, 2.24) is 5.32 Å². The molecule has 0 saturated carbocycles. The predicted molar refractivity (Wildman–Crippen MR) is 82.7 cm³/mol. The van der Waals surface area contributed by atoms with Crippen molar-refractivity contribution >= 4 is 17.6 Å². The van der Waals surface area contributed by atoms with Gasteiger partial charge in [-0.3, -0.25) is 4.79 Å². The third-order valence-electron chi connectivity index (χ3n) is 4.14. The average Bonchev–Trinajstić information content (AvgIpc) is 2.88. The number of carboxylic acids is 1. The molecular formula is C16H20ClNO4. The number of benzene rings is 1. The zero-order valence-corrected chi connectivity index (χ0v) is 13.4. The maximum Gasteiger partial charge on any atom is 0.307 e.